The van der Waals surface area contributed by atoms with Crippen LogP contribution in [0, 0.1) is 5.82 Å². The van der Waals surface area contributed by atoms with Gasteiger partial charge in [-0.25, -0.2) is 4.39 Å². The van der Waals surface area contributed by atoms with E-state index < -0.39 is 5.82 Å². The van der Waals surface area contributed by atoms with Crippen molar-refractivity contribution < 1.29 is 4.39 Å². The second kappa shape index (κ2) is 6.77. The van der Waals surface area contributed by atoms with Gasteiger partial charge in [-0.3, -0.25) is 0 Å². The third-order valence-electron chi connectivity index (χ3n) is 3.00. The van der Waals surface area contributed by atoms with E-state index in [0.717, 1.165) is 5.56 Å². The number of hydrogen-bond acceptors (Lipinski definition) is 1. The predicted molar refractivity (Wildman–Crippen MR) is 83.3 cm³/mol. The van der Waals surface area contributed by atoms with Crippen LogP contribution in [0.25, 0.3) is 0 Å². The highest BCUT2D eigenvalue weighted by Crippen LogP contribution is 2.24. The molecule has 2 aromatic carbocycles. The lowest BCUT2D eigenvalue weighted by Crippen LogP contribution is -2.26. The molecule has 106 valence electrons. The Balaban J connectivity index is 2.07. The SMILES string of the molecule is NC(Cc1ccc(Cl)c(Cl)c1)Cc1cccc(Cl)c1F. The van der Waals surface area contributed by atoms with Crippen molar-refractivity contribution in [1.29, 1.82) is 0 Å². The van der Waals surface area contributed by atoms with Gasteiger partial charge in [0.15, 0.2) is 0 Å². The Morgan fingerprint density at radius 2 is 1.70 bits per heavy atom. The second-order valence-electron chi connectivity index (χ2n) is 4.63. The van der Waals surface area contributed by atoms with Gasteiger partial charge in [-0.2, -0.15) is 0 Å². The van der Waals surface area contributed by atoms with Crippen molar-refractivity contribution in [2.45, 2.75) is 18.9 Å². The number of nitrogens with two attached hydrogens (primary N) is 1. The molecule has 2 aromatic rings. The van der Waals surface area contributed by atoms with Crippen molar-refractivity contribution in [2.24, 2.45) is 5.73 Å². The highest BCUT2D eigenvalue weighted by molar-refractivity contribution is 6.42. The lowest BCUT2D eigenvalue weighted by Gasteiger charge is -2.13. The van der Waals surface area contributed by atoms with Crippen LogP contribution in [0.15, 0.2) is 36.4 Å². The van der Waals surface area contributed by atoms with Gasteiger partial charge in [0, 0.05) is 6.04 Å². The molecule has 2 rings (SSSR count). The van der Waals surface area contributed by atoms with E-state index in [9.17, 15) is 4.39 Å². The fourth-order valence-corrected chi connectivity index (χ4v) is 2.54. The molecule has 0 spiro atoms. The normalized spacial score (nSPS) is 12.4. The van der Waals surface area contributed by atoms with E-state index >= 15 is 0 Å². The molecule has 0 bridgehead atoms. The summed E-state index contributed by atoms with van der Waals surface area (Å²) in [6.45, 7) is 0. The topological polar surface area (TPSA) is 26.0 Å². The van der Waals surface area contributed by atoms with Crippen LogP contribution in [0.4, 0.5) is 4.39 Å². The van der Waals surface area contributed by atoms with Crippen molar-refractivity contribution >= 4 is 34.8 Å². The molecule has 0 amide bonds. The van der Waals surface area contributed by atoms with Crippen LogP contribution in [0.3, 0.4) is 0 Å². The zero-order valence-corrected chi connectivity index (χ0v) is 12.8. The Morgan fingerprint density at radius 1 is 0.950 bits per heavy atom. The summed E-state index contributed by atoms with van der Waals surface area (Å²) in [7, 11) is 0. The summed E-state index contributed by atoms with van der Waals surface area (Å²) in [5.74, 6) is -0.404. The van der Waals surface area contributed by atoms with E-state index in [1.165, 1.54) is 6.07 Å². The third kappa shape index (κ3) is 3.86. The Kier molecular flexibility index (Phi) is 5.28. The molecule has 0 aromatic heterocycles. The molecule has 0 aliphatic rings. The molecule has 5 heteroatoms. The van der Waals surface area contributed by atoms with Crippen molar-refractivity contribution in [3.63, 3.8) is 0 Å². The molecule has 0 aliphatic carbocycles. The van der Waals surface area contributed by atoms with E-state index in [2.05, 4.69) is 0 Å². The zero-order valence-electron chi connectivity index (χ0n) is 10.5. The number of hydrogen-bond donors (Lipinski definition) is 1. The Morgan fingerprint density at radius 3 is 2.40 bits per heavy atom. The molecular formula is C15H13Cl3FN. The molecule has 0 fully saturated rings. The van der Waals surface area contributed by atoms with Gasteiger partial charge < -0.3 is 5.73 Å². The summed E-state index contributed by atoms with van der Waals surface area (Å²) in [6, 6.07) is 10.1. The lowest BCUT2D eigenvalue weighted by atomic mass is 9.99. The van der Waals surface area contributed by atoms with E-state index in [1.54, 1.807) is 24.3 Å². The smallest absolute Gasteiger partial charge is 0.145 e. The monoisotopic (exact) mass is 331 g/mol. The first-order chi connectivity index (χ1) is 9.47. The average molecular weight is 333 g/mol. The highest BCUT2D eigenvalue weighted by Gasteiger charge is 2.12. The summed E-state index contributed by atoms with van der Waals surface area (Å²) in [5.41, 5.74) is 7.54. The molecule has 0 saturated carbocycles. The number of benzene rings is 2. The summed E-state index contributed by atoms with van der Waals surface area (Å²) < 4.78 is 13.8. The zero-order chi connectivity index (χ0) is 14.7. The summed E-state index contributed by atoms with van der Waals surface area (Å²) in [5, 5.41) is 1.11. The third-order valence-corrected chi connectivity index (χ3v) is 4.03. The van der Waals surface area contributed by atoms with E-state index in [1.807, 2.05) is 6.07 Å². The van der Waals surface area contributed by atoms with E-state index in [4.69, 9.17) is 40.5 Å². The Labute approximate surface area is 132 Å². The highest BCUT2D eigenvalue weighted by atomic mass is 35.5. The molecule has 20 heavy (non-hydrogen) atoms. The number of rotatable bonds is 4. The predicted octanol–water partition coefficient (Wildman–Crippen LogP) is 4.90. The van der Waals surface area contributed by atoms with Crippen molar-refractivity contribution in [3.8, 4) is 0 Å². The maximum atomic E-state index is 13.8. The molecule has 0 aliphatic heterocycles. The molecule has 0 radical (unpaired) electrons. The first kappa shape index (κ1) is 15.6. The van der Waals surface area contributed by atoms with Gasteiger partial charge in [-0.05, 0) is 42.2 Å². The van der Waals surface area contributed by atoms with Gasteiger partial charge >= 0.3 is 0 Å². The van der Waals surface area contributed by atoms with Crippen LogP contribution < -0.4 is 5.73 Å². The van der Waals surface area contributed by atoms with Crippen LogP contribution in [-0.2, 0) is 12.8 Å². The fraction of sp³-hybridized carbons (Fsp3) is 0.200. The molecule has 1 unspecified atom stereocenters. The first-order valence-electron chi connectivity index (χ1n) is 6.09. The minimum absolute atomic E-state index is 0.115. The van der Waals surface area contributed by atoms with Gasteiger partial charge in [0.05, 0.1) is 15.1 Å². The molecule has 2 N–H and O–H groups in total. The van der Waals surface area contributed by atoms with Crippen molar-refractivity contribution in [2.75, 3.05) is 0 Å². The van der Waals surface area contributed by atoms with Gasteiger partial charge in [0.25, 0.3) is 0 Å². The van der Waals surface area contributed by atoms with Crippen molar-refractivity contribution in [1.82, 2.24) is 0 Å². The summed E-state index contributed by atoms with van der Waals surface area (Å²) in [6.07, 6.45) is 0.996. The standard InChI is InChI=1S/C15H13Cl3FN/c16-12-5-4-9(7-14(12)18)6-11(20)8-10-2-1-3-13(17)15(10)19/h1-5,7,11H,6,8,20H2. The lowest BCUT2D eigenvalue weighted by molar-refractivity contribution is 0.584. The average Bonchev–Trinajstić information content (AvgIpc) is 2.39. The van der Waals surface area contributed by atoms with Crippen LogP contribution in [0.1, 0.15) is 11.1 Å². The van der Waals surface area contributed by atoms with E-state index in [0.29, 0.717) is 28.5 Å². The summed E-state index contributed by atoms with van der Waals surface area (Å²) in [4.78, 5) is 0. The minimum Gasteiger partial charge on any atom is -0.327 e. The molecule has 1 atom stereocenters. The van der Waals surface area contributed by atoms with Gasteiger partial charge in [-0.1, -0.05) is 53.0 Å². The Hall–Kier alpha value is -0.800. The quantitative estimate of drug-likeness (QED) is 0.847. The first-order valence-corrected chi connectivity index (χ1v) is 7.23. The van der Waals surface area contributed by atoms with Crippen molar-refractivity contribution in [3.05, 3.63) is 68.4 Å². The van der Waals surface area contributed by atoms with Crippen LogP contribution in [-0.4, -0.2) is 6.04 Å². The van der Waals surface area contributed by atoms with Crippen LogP contribution in [0.5, 0.6) is 0 Å². The van der Waals surface area contributed by atoms with Gasteiger partial charge in [0.1, 0.15) is 5.82 Å². The second-order valence-corrected chi connectivity index (χ2v) is 5.85. The minimum atomic E-state index is -0.404. The molecule has 0 heterocycles. The summed E-state index contributed by atoms with van der Waals surface area (Å²) >= 11 is 17.6. The van der Waals surface area contributed by atoms with E-state index in [-0.39, 0.29) is 11.1 Å². The maximum absolute atomic E-state index is 13.8. The van der Waals surface area contributed by atoms with Crippen LogP contribution in [0.2, 0.25) is 15.1 Å². The maximum Gasteiger partial charge on any atom is 0.145 e. The fourth-order valence-electron chi connectivity index (χ4n) is 2.03. The number of halogens is 4. The van der Waals surface area contributed by atoms with Gasteiger partial charge in [0.2, 0.25) is 0 Å². The molecule has 0 saturated heterocycles. The largest absolute Gasteiger partial charge is 0.327 e. The van der Waals surface area contributed by atoms with Gasteiger partial charge in [-0.15, -0.1) is 0 Å². The Bertz CT molecular complexity index is 616. The van der Waals surface area contributed by atoms with Crippen LogP contribution >= 0.6 is 34.8 Å². The molecular weight excluding hydrogens is 320 g/mol. The molecule has 1 nitrogen and oxygen atoms in total.